The molecular weight excluding hydrogens is 475 g/mol. The van der Waals surface area contributed by atoms with Crippen molar-refractivity contribution in [3.05, 3.63) is 35.4 Å². The molecule has 1 aliphatic rings. The second kappa shape index (κ2) is 12.7. The van der Waals surface area contributed by atoms with Gasteiger partial charge in [0.05, 0.1) is 12.6 Å². The van der Waals surface area contributed by atoms with Gasteiger partial charge in [0.25, 0.3) is 0 Å². The van der Waals surface area contributed by atoms with Crippen molar-refractivity contribution in [3.8, 4) is 0 Å². The zero-order valence-electron chi connectivity index (χ0n) is 19.1. The molecule has 0 saturated carbocycles. The molecule has 1 fully saturated rings. The average Bonchev–Trinajstić information content (AvgIpc) is 2.67. The highest BCUT2D eigenvalue weighted by molar-refractivity contribution is 14.0. The number of rotatable bonds is 8. The van der Waals surface area contributed by atoms with Gasteiger partial charge in [0, 0.05) is 25.3 Å². The molecule has 0 spiro atoms. The maximum absolute atomic E-state index is 5.58. The topological polar surface area (TPSA) is 48.9 Å². The second-order valence-corrected chi connectivity index (χ2v) is 8.63. The largest absolute Gasteiger partial charge is 0.381 e. The molecule has 29 heavy (non-hydrogen) atoms. The van der Waals surface area contributed by atoms with Crippen LogP contribution in [0.4, 0.5) is 0 Å². The summed E-state index contributed by atoms with van der Waals surface area (Å²) in [5, 5.41) is 6.98. The molecule has 1 aliphatic heterocycles. The zero-order valence-corrected chi connectivity index (χ0v) is 21.5. The molecule has 0 aromatic heterocycles. The summed E-state index contributed by atoms with van der Waals surface area (Å²) in [6.07, 6.45) is 3.17. The van der Waals surface area contributed by atoms with E-state index in [0.717, 1.165) is 51.5 Å². The summed E-state index contributed by atoms with van der Waals surface area (Å²) < 4.78 is 5.58. The summed E-state index contributed by atoms with van der Waals surface area (Å²) in [6.45, 7) is 12.1. The van der Waals surface area contributed by atoms with Crippen LogP contribution in [-0.4, -0.2) is 56.8 Å². The number of ether oxygens (including phenoxy) is 1. The third kappa shape index (κ3) is 8.06. The first-order chi connectivity index (χ1) is 13.4. The Morgan fingerprint density at radius 3 is 2.28 bits per heavy atom. The molecule has 0 radical (unpaired) electrons. The Balaban J connectivity index is 0.00000420. The van der Waals surface area contributed by atoms with E-state index < -0.39 is 0 Å². The van der Waals surface area contributed by atoms with Gasteiger partial charge in [-0.3, -0.25) is 4.99 Å². The third-order valence-corrected chi connectivity index (χ3v) is 5.72. The molecule has 1 saturated heterocycles. The van der Waals surface area contributed by atoms with Crippen LogP contribution < -0.4 is 10.6 Å². The molecule has 1 aromatic carbocycles. The van der Waals surface area contributed by atoms with E-state index in [-0.39, 0.29) is 35.6 Å². The fourth-order valence-electron chi connectivity index (χ4n) is 3.75. The lowest BCUT2D eigenvalue weighted by molar-refractivity contribution is -0.00255. The molecule has 0 amide bonds. The molecule has 1 unspecified atom stereocenters. The van der Waals surface area contributed by atoms with E-state index in [9.17, 15) is 0 Å². The normalized spacial score (nSPS) is 17.7. The lowest BCUT2D eigenvalue weighted by atomic mass is 9.89. The van der Waals surface area contributed by atoms with Gasteiger partial charge < -0.3 is 20.3 Å². The van der Waals surface area contributed by atoms with Crippen molar-refractivity contribution in [2.24, 2.45) is 10.9 Å². The lowest BCUT2D eigenvalue weighted by Crippen LogP contribution is -2.51. The molecule has 1 aromatic rings. The fraction of sp³-hybridized carbons (Fsp3) is 0.696. The number of benzene rings is 1. The third-order valence-electron chi connectivity index (χ3n) is 5.72. The number of likely N-dealkylation sites (N-methyl/N-ethyl adjacent to an activating group) is 1. The smallest absolute Gasteiger partial charge is 0.191 e. The molecular formula is C23H41IN4O. The first-order valence-corrected chi connectivity index (χ1v) is 10.7. The summed E-state index contributed by atoms with van der Waals surface area (Å²) in [7, 11) is 4.31. The maximum Gasteiger partial charge on any atom is 0.191 e. The number of hydrogen-bond acceptors (Lipinski definition) is 3. The van der Waals surface area contributed by atoms with Gasteiger partial charge in [0.2, 0.25) is 0 Å². The van der Waals surface area contributed by atoms with Crippen LogP contribution >= 0.6 is 24.0 Å². The molecule has 166 valence electrons. The molecule has 2 N–H and O–H groups in total. The predicted octanol–water partition coefficient (Wildman–Crippen LogP) is 4.23. The van der Waals surface area contributed by atoms with E-state index in [1.807, 2.05) is 0 Å². The minimum absolute atomic E-state index is 0. The Labute approximate surface area is 195 Å². The van der Waals surface area contributed by atoms with E-state index >= 15 is 0 Å². The Bertz CT molecular complexity index is 610. The van der Waals surface area contributed by atoms with Crippen LogP contribution in [0.15, 0.2) is 29.3 Å². The SMILES string of the molecule is CCNC(=NCC1(N(C)C)CCOCC1)NC(C)c1ccc(CC(C)C)cc1.I. The second-order valence-electron chi connectivity index (χ2n) is 8.63. The minimum atomic E-state index is 0. The van der Waals surface area contributed by atoms with E-state index in [0.29, 0.717) is 5.92 Å². The van der Waals surface area contributed by atoms with Crippen LogP contribution in [0.2, 0.25) is 0 Å². The number of halogens is 1. The highest BCUT2D eigenvalue weighted by Crippen LogP contribution is 2.26. The number of aliphatic imine (C=N–C) groups is 1. The first kappa shape index (κ1) is 26.2. The van der Waals surface area contributed by atoms with E-state index in [2.05, 4.69) is 81.6 Å². The number of nitrogens with one attached hydrogen (secondary N) is 2. The van der Waals surface area contributed by atoms with Crippen LogP contribution in [0, 0.1) is 5.92 Å². The quantitative estimate of drug-likeness (QED) is 0.309. The van der Waals surface area contributed by atoms with Crippen LogP contribution in [0.1, 0.15) is 57.7 Å². The molecule has 1 atom stereocenters. The Kier molecular flexibility index (Phi) is 11.5. The summed E-state index contributed by atoms with van der Waals surface area (Å²) in [6, 6.07) is 9.18. The zero-order chi connectivity index (χ0) is 20.6. The van der Waals surface area contributed by atoms with Crippen molar-refractivity contribution < 1.29 is 4.74 Å². The number of hydrogen-bond donors (Lipinski definition) is 2. The minimum Gasteiger partial charge on any atom is -0.381 e. The van der Waals surface area contributed by atoms with Gasteiger partial charge in [-0.2, -0.15) is 0 Å². The van der Waals surface area contributed by atoms with Crippen LogP contribution in [0.5, 0.6) is 0 Å². The highest BCUT2D eigenvalue weighted by Gasteiger charge is 2.34. The monoisotopic (exact) mass is 516 g/mol. The summed E-state index contributed by atoms with van der Waals surface area (Å²) in [5.41, 5.74) is 2.77. The van der Waals surface area contributed by atoms with Crippen molar-refractivity contribution in [1.82, 2.24) is 15.5 Å². The van der Waals surface area contributed by atoms with E-state index in [4.69, 9.17) is 9.73 Å². The van der Waals surface area contributed by atoms with Gasteiger partial charge >= 0.3 is 0 Å². The molecule has 2 rings (SSSR count). The van der Waals surface area contributed by atoms with Crippen LogP contribution in [0.3, 0.4) is 0 Å². The van der Waals surface area contributed by atoms with Crippen molar-refractivity contribution in [2.45, 2.75) is 58.5 Å². The standard InChI is InChI=1S/C23H40N4O.HI/c1-7-24-22(25-17-23(27(5)6)12-14-28-15-13-23)26-19(4)21-10-8-20(9-11-21)16-18(2)3;/h8-11,18-19H,7,12-17H2,1-6H3,(H2,24,25,26);1H. The first-order valence-electron chi connectivity index (χ1n) is 10.7. The van der Waals surface area contributed by atoms with Gasteiger partial charge in [0.15, 0.2) is 5.96 Å². The number of nitrogens with zero attached hydrogens (tertiary/aromatic N) is 2. The van der Waals surface area contributed by atoms with Crippen molar-refractivity contribution in [2.75, 3.05) is 40.4 Å². The van der Waals surface area contributed by atoms with E-state index in [1.165, 1.54) is 11.1 Å². The molecule has 6 heteroatoms. The van der Waals surface area contributed by atoms with Gasteiger partial charge in [-0.1, -0.05) is 38.1 Å². The molecule has 0 aliphatic carbocycles. The van der Waals surface area contributed by atoms with Crippen molar-refractivity contribution in [3.63, 3.8) is 0 Å². The molecule has 1 heterocycles. The molecule has 5 nitrogen and oxygen atoms in total. The van der Waals surface area contributed by atoms with Crippen molar-refractivity contribution >= 4 is 29.9 Å². The van der Waals surface area contributed by atoms with Gasteiger partial charge in [-0.15, -0.1) is 24.0 Å². The number of guanidine groups is 1. The molecule has 0 bridgehead atoms. The van der Waals surface area contributed by atoms with Gasteiger partial charge in [-0.05, 0) is 64.3 Å². The maximum atomic E-state index is 5.58. The Morgan fingerprint density at radius 1 is 1.14 bits per heavy atom. The summed E-state index contributed by atoms with van der Waals surface area (Å²) in [4.78, 5) is 7.27. The van der Waals surface area contributed by atoms with Gasteiger partial charge in [-0.25, -0.2) is 0 Å². The van der Waals surface area contributed by atoms with Crippen molar-refractivity contribution in [1.29, 1.82) is 0 Å². The highest BCUT2D eigenvalue weighted by atomic mass is 127. The average molecular weight is 517 g/mol. The Hall–Kier alpha value is -0.860. The summed E-state index contributed by atoms with van der Waals surface area (Å²) in [5.74, 6) is 1.57. The predicted molar refractivity (Wildman–Crippen MR) is 134 cm³/mol. The van der Waals surface area contributed by atoms with E-state index in [1.54, 1.807) is 0 Å². The summed E-state index contributed by atoms with van der Waals surface area (Å²) >= 11 is 0. The van der Waals surface area contributed by atoms with Crippen LogP contribution in [-0.2, 0) is 11.2 Å². The lowest BCUT2D eigenvalue weighted by Gasteiger charge is -2.41. The Morgan fingerprint density at radius 2 is 1.76 bits per heavy atom. The fourth-order valence-corrected chi connectivity index (χ4v) is 3.75. The van der Waals surface area contributed by atoms with Gasteiger partial charge in [0.1, 0.15) is 0 Å². The van der Waals surface area contributed by atoms with Crippen LogP contribution in [0.25, 0.3) is 0 Å².